The molecule has 0 aliphatic carbocycles. The second-order valence-corrected chi connectivity index (χ2v) is 3.52. The summed E-state index contributed by atoms with van der Waals surface area (Å²) in [4.78, 5) is 11.5. The molecule has 0 saturated carbocycles. The Kier molecular flexibility index (Phi) is 3.31. The number of nitrogens with one attached hydrogen (secondary N) is 1. The van der Waals surface area contributed by atoms with Crippen molar-refractivity contribution in [1.29, 1.82) is 0 Å². The van der Waals surface area contributed by atoms with Gasteiger partial charge in [0, 0.05) is 0 Å². The predicted octanol–water partition coefficient (Wildman–Crippen LogP) is 1.12. The van der Waals surface area contributed by atoms with Crippen LogP contribution in [0.2, 0.25) is 0 Å². The molecule has 0 aromatic heterocycles. The number of Topliss-reactive ketones (excluding diaryl/α,β-unsaturated/α-hetero) is 1. The van der Waals surface area contributed by atoms with Crippen LogP contribution < -0.4 is 5.32 Å². The number of aromatic hydroxyl groups is 2. The Morgan fingerprint density at radius 3 is 2.47 bits per heavy atom. The van der Waals surface area contributed by atoms with Gasteiger partial charge in [-0.3, -0.25) is 4.79 Å². The van der Waals surface area contributed by atoms with Gasteiger partial charge in [-0.25, -0.2) is 0 Å². The molecule has 0 radical (unpaired) electrons. The zero-order valence-corrected chi connectivity index (χ0v) is 9.09. The zero-order valence-electron chi connectivity index (χ0n) is 9.09. The Bertz CT molecular complexity index is 399. The lowest BCUT2D eigenvalue weighted by Gasteiger charge is -2.10. The Hall–Kier alpha value is -1.55. The number of ketones is 1. The molecule has 1 aromatic rings. The van der Waals surface area contributed by atoms with Gasteiger partial charge in [-0.1, -0.05) is 0 Å². The summed E-state index contributed by atoms with van der Waals surface area (Å²) < 4.78 is 0. The van der Waals surface area contributed by atoms with Crippen LogP contribution >= 0.6 is 0 Å². The quantitative estimate of drug-likeness (QED) is 0.515. The number of phenols is 2. The highest BCUT2D eigenvalue weighted by atomic mass is 16.3. The summed E-state index contributed by atoms with van der Waals surface area (Å²) in [7, 11) is 1.65. The maximum atomic E-state index is 11.5. The van der Waals surface area contributed by atoms with Crippen molar-refractivity contribution in [3.8, 4) is 11.5 Å². The normalized spacial score (nSPS) is 10.3. The highest BCUT2D eigenvalue weighted by Crippen LogP contribution is 2.34. The van der Waals surface area contributed by atoms with Gasteiger partial charge in [-0.15, -0.1) is 0 Å². The number of likely N-dealkylation sites (N-methyl/N-ethyl adjacent to an activating group) is 1. The third-order valence-corrected chi connectivity index (χ3v) is 2.42. The molecule has 0 unspecified atom stereocenters. The minimum absolute atomic E-state index is 0.134. The molecule has 3 N–H and O–H groups in total. The number of benzene rings is 1. The number of phenolic OH excluding ortho intramolecular Hbond substituents is 2. The lowest BCUT2D eigenvalue weighted by Crippen LogP contribution is -2.18. The van der Waals surface area contributed by atoms with E-state index in [1.807, 2.05) is 0 Å². The van der Waals surface area contributed by atoms with E-state index in [1.54, 1.807) is 27.0 Å². The third-order valence-electron chi connectivity index (χ3n) is 2.42. The molecule has 15 heavy (non-hydrogen) atoms. The molecule has 0 heterocycles. The van der Waals surface area contributed by atoms with Gasteiger partial charge in [0.1, 0.15) is 0 Å². The summed E-state index contributed by atoms with van der Waals surface area (Å²) in [5, 5.41) is 21.9. The van der Waals surface area contributed by atoms with Crippen LogP contribution in [0, 0.1) is 13.8 Å². The van der Waals surface area contributed by atoms with E-state index in [0.29, 0.717) is 5.56 Å². The lowest BCUT2D eigenvalue weighted by molar-refractivity contribution is 0.0990. The van der Waals surface area contributed by atoms with Gasteiger partial charge in [0.2, 0.25) is 0 Å². The van der Waals surface area contributed by atoms with Crippen molar-refractivity contribution in [1.82, 2.24) is 5.32 Å². The first-order valence-electron chi connectivity index (χ1n) is 4.69. The molecule has 0 aliphatic rings. The summed E-state index contributed by atoms with van der Waals surface area (Å²) in [6.45, 7) is 3.61. The summed E-state index contributed by atoms with van der Waals surface area (Å²) in [5.74, 6) is -0.791. The molecule has 0 fully saturated rings. The van der Waals surface area contributed by atoms with Gasteiger partial charge >= 0.3 is 0 Å². The largest absolute Gasteiger partial charge is 0.504 e. The van der Waals surface area contributed by atoms with E-state index >= 15 is 0 Å². The maximum Gasteiger partial charge on any atom is 0.180 e. The predicted molar refractivity (Wildman–Crippen MR) is 57.5 cm³/mol. The molecule has 0 atom stereocenters. The summed E-state index contributed by atoms with van der Waals surface area (Å²) in [6.07, 6.45) is 0. The average molecular weight is 209 g/mol. The standard InChI is InChI=1S/C11H15NO3/c1-6-4-8(9(13)5-12-3)11(15)10(14)7(6)2/h4,12,14-15H,5H2,1-3H3. The molecule has 1 aromatic carbocycles. The van der Waals surface area contributed by atoms with Crippen molar-refractivity contribution in [3.05, 3.63) is 22.8 Å². The minimum Gasteiger partial charge on any atom is -0.504 e. The topological polar surface area (TPSA) is 69.6 Å². The Balaban J connectivity index is 3.26. The molecule has 1 rings (SSSR count). The van der Waals surface area contributed by atoms with E-state index in [-0.39, 0.29) is 29.4 Å². The number of aryl methyl sites for hydroxylation is 1. The van der Waals surface area contributed by atoms with E-state index in [0.717, 1.165) is 5.56 Å². The van der Waals surface area contributed by atoms with E-state index in [1.165, 1.54) is 0 Å². The van der Waals surface area contributed by atoms with Gasteiger partial charge in [-0.2, -0.15) is 0 Å². The Morgan fingerprint density at radius 2 is 1.93 bits per heavy atom. The van der Waals surface area contributed by atoms with E-state index in [9.17, 15) is 15.0 Å². The fourth-order valence-electron chi connectivity index (χ4n) is 1.35. The second-order valence-electron chi connectivity index (χ2n) is 3.52. The second kappa shape index (κ2) is 4.31. The monoisotopic (exact) mass is 209 g/mol. The van der Waals surface area contributed by atoms with Crippen molar-refractivity contribution >= 4 is 5.78 Å². The maximum absolute atomic E-state index is 11.5. The van der Waals surface area contributed by atoms with E-state index in [2.05, 4.69) is 5.32 Å². The molecule has 0 spiro atoms. The number of rotatable bonds is 3. The van der Waals surface area contributed by atoms with Crippen LogP contribution in [0.4, 0.5) is 0 Å². The first-order chi connectivity index (χ1) is 6.99. The first-order valence-corrected chi connectivity index (χ1v) is 4.69. The van der Waals surface area contributed by atoms with Crippen molar-refractivity contribution < 1.29 is 15.0 Å². The molecule has 0 saturated heterocycles. The molecule has 82 valence electrons. The minimum atomic E-state index is -0.335. The van der Waals surface area contributed by atoms with Crippen LogP contribution in [0.1, 0.15) is 21.5 Å². The van der Waals surface area contributed by atoms with Crippen molar-refractivity contribution in [3.63, 3.8) is 0 Å². The average Bonchev–Trinajstić information content (AvgIpc) is 2.20. The smallest absolute Gasteiger partial charge is 0.180 e. The number of carbonyl (C=O) groups is 1. The van der Waals surface area contributed by atoms with Crippen LogP contribution in [0.15, 0.2) is 6.07 Å². The molecule has 0 bridgehead atoms. The number of carbonyl (C=O) groups excluding carboxylic acids is 1. The van der Waals surface area contributed by atoms with Crippen molar-refractivity contribution in [2.45, 2.75) is 13.8 Å². The van der Waals surface area contributed by atoms with Crippen LogP contribution in [0.25, 0.3) is 0 Å². The molecular formula is C11H15NO3. The van der Waals surface area contributed by atoms with Crippen LogP contribution in [0.5, 0.6) is 11.5 Å². The van der Waals surface area contributed by atoms with Gasteiger partial charge in [0.25, 0.3) is 0 Å². The SMILES string of the molecule is CNCC(=O)c1cc(C)c(C)c(O)c1O. The lowest BCUT2D eigenvalue weighted by atomic mass is 10.0. The summed E-state index contributed by atoms with van der Waals surface area (Å²) in [6, 6.07) is 1.59. The molecule has 4 heteroatoms. The fourth-order valence-corrected chi connectivity index (χ4v) is 1.35. The summed E-state index contributed by atoms with van der Waals surface area (Å²) in [5.41, 5.74) is 1.53. The Morgan fingerprint density at radius 1 is 1.33 bits per heavy atom. The summed E-state index contributed by atoms with van der Waals surface area (Å²) >= 11 is 0. The molecular weight excluding hydrogens is 194 g/mol. The van der Waals surface area contributed by atoms with Crippen molar-refractivity contribution in [2.75, 3.05) is 13.6 Å². The van der Waals surface area contributed by atoms with E-state index < -0.39 is 0 Å². The highest BCUT2D eigenvalue weighted by Gasteiger charge is 2.16. The highest BCUT2D eigenvalue weighted by molar-refractivity contribution is 6.01. The van der Waals surface area contributed by atoms with Crippen LogP contribution in [0.3, 0.4) is 0 Å². The molecule has 0 amide bonds. The zero-order chi connectivity index (χ0) is 11.6. The van der Waals surface area contributed by atoms with Crippen LogP contribution in [-0.2, 0) is 0 Å². The van der Waals surface area contributed by atoms with Gasteiger partial charge in [0.15, 0.2) is 17.3 Å². The molecule has 0 aliphatic heterocycles. The first kappa shape index (κ1) is 11.5. The Labute approximate surface area is 88.6 Å². The van der Waals surface area contributed by atoms with Crippen LogP contribution in [-0.4, -0.2) is 29.6 Å². The molecule has 4 nitrogen and oxygen atoms in total. The van der Waals surface area contributed by atoms with Crippen molar-refractivity contribution in [2.24, 2.45) is 0 Å². The third kappa shape index (κ3) is 2.10. The number of hydrogen-bond acceptors (Lipinski definition) is 4. The van der Waals surface area contributed by atoms with E-state index in [4.69, 9.17) is 0 Å². The number of hydrogen-bond donors (Lipinski definition) is 3. The van der Waals surface area contributed by atoms with Gasteiger partial charge in [0.05, 0.1) is 12.1 Å². The van der Waals surface area contributed by atoms with Gasteiger partial charge < -0.3 is 15.5 Å². The van der Waals surface area contributed by atoms with Gasteiger partial charge in [-0.05, 0) is 38.1 Å². The fraction of sp³-hybridized carbons (Fsp3) is 0.364.